The van der Waals surface area contributed by atoms with E-state index in [1.54, 1.807) is 30.5 Å². The molecule has 5 heteroatoms. The molecule has 29 heavy (non-hydrogen) atoms. The summed E-state index contributed by atoms with van der Waals surface area (Å²) in [6.07, 6.45) is 6.22. The Bertz CT molecular complexity index is 769. The van der Waals surface area contributed by atoms with Crippen LogP contribution in [0.2, 0.25) is 0 Å². The monoisotopic (exact) mass is 394 g/mol. The number of pyridine rings is 1. The Morgan fingerprint density at radius 2 is 1.79 bits per heavy atom. The van der Waals surface area contributed by atoms with Crippen LogP contribution in [0, 0.1) is 11.8 Å². The lowest BCUT2D eigenvalue weighted by Crippen LogP contribution is -2.39. The van der Waals surface area contributed by atoms with Crippen molar-refractivity contribution in [1.82, 2.24) is 15.2 Å². The molecule has 0 saturated carbocycles. The molecule has 2 heterocycles. The summed E-state index contributed by atoms with van der Waals surface area (Å²) in [7, 11) is 4.24. The molecule has 0 amide bonds. The highest BCUT2D eigenvalue weighted by atomic mass is 16.1. The number of nitrogens with one attached hydrogen (secondary N) is 1. The van der Waals surface area contributed by atoms with Gasteiger partial charge in [-0.05, 0) is 82.3 Å². The highest BCUT2D eigenvalue weighted by Gasteiger charge is 2.13. The molecule has 1 aromatic heterocycles. The van der Waals surface area contributed by atoms with Crippen LogP contribution < -0.4 is 11.1 Å². The first-order valence-corrected chi connectivity index (χ1v) is 10.2. The first kappa shape index (κ1) is 24.4. The molecule has 3 rings (SSSR count). The third-order valence-corrected chi connectivity index (χ3v) is 4.29. The van der Waals surface area contributed by atoms with Crippen molar-refractivity contribution in [3.63, 3.8) is 0 Å². The Morgan fingerprint density at radius 3 is 2.34 bits per heavy atom. The van der Waals surface area contributed by atoms with E-state index in [4.69, 9.17) is 5.73 Å². The summed E-state index contributed by atoms with van der Waals surface area (Å²) in [4.78, 5) is 17.0. The molecule has 2 aromatic rings. The summed E-state index contributed by atoms with van der Waals surface area (Å²) < 4.78 is 0. The lowest BCUT2D eigenvalue weighted by molar-refractivity contribution is 0.112. The molecule has 1 saturated heterocycles. The van der Waals surface area contributed by atoms with Gasteiger partial charge in [0.15, 0.2) is 0 Å². The third kappa shape index (κ3) is 10.4. The molecule has 0 radical (unpaired) electrons. The summed E-state index contributed by atoms with van der Waals surface area (Å²) in [6, 6.07) is 11.3. The van der Waals surface area contributed by atoms with E-state index >= 15 is 0 Å². The molecule has 0 unspecified atom stereocenters. The second-order valence-corrected chi connectivity index (χ2v) is 7.04. The standard InChI is InChI=1S/C14H10N2O.C7H16N2.C3H8/c15-13-4-1-11(2-5-13)3-6-14-9-12(10-17)7-8-16-14;1-8-7-3-5-9(2)6-4-7;1-3-2/h1-2,4-5,7-10H,15H2;7-8H,3-6H2,1-2H3;3H2,1-2H3. The molecule has 0 bridgehead atoms. The molecule has 0 spiro atoms. The highest BCUT2D eigenvalue weighted by molar-refractivity contribution is 5.75. The van der Waals surface area contributed by atoms with Gasteiger partial charge >= 0.3 is 0 Å². The number of carbonyl (C=O) groups is 1. The fourth-order valence-electron chi connectivity index (χ4n) is 2.59. The second-order valence-electron chi connectivity index (χ2n) is 7.04. The van der Waals surface area contributed by atoms with Crippen molar-refractivity contribution < 1.29 is 4.79 Å². The number of anilines is 1. The van der Waals surface area contributed by atoms with Gasteiger partial charge < -0.3 is 16.0 Å². The van der Waals surface area contributed by atoms with Crippen LogP contribution in [-0.2, 0) is 0 Å². The van der Waals surface area contributed by atoms with Crippen molar-refractivity contribution in [2.24, 2.45) is 0 Å². The Morgan fingerprint density at radius 1 is 1.17 bits per heavy atom. The lowest BCUT2D eigenvalue weighted by atomic mass is 10.1. The fourth-order valence-corrected chi connectivity index (χ4v) is 2.59. The Hall–Kier alpha value is -2.68. The van der Waals surface area contributed by atoms with Crippen molar-refractivity contribution >= 4 is 12.0 Å². The molecule has 5 nitrogen and oxygen atoms in total. The maximum absolute atomic E-state index is 10.6. The number of nitrogens with two attached hydrogens (primary N) is 1. The number of likely N-dealkylation sites (tertiary alicyclic amines) is 1. The third-order valence-electron chi connectivity index (χ3n) is 4.29. The Labute approximate surface area is 175 Å². The maximum Gasteiger partial charge on any atom is 0.150 e. The maximum atomic E-state index is 10.6. The van der Waals surface area contributed by atoms with Gasteiger partial charge in [0.1, 0.15) is 12.0 Å². The minimum absolute atomic E-state index is 0.571. The first-order chi connectivity index (χ1) is 14.0. The number of hydrogen-bond acceptors (Lipinski definition) is 5. The predicted molar refractivity (Wildman–Crippen MR) is 122 cm³/mol. The number of aromatic nitrogens is 1. The van der Waals surface area contributed by atoms with E-state index < -0.39 is 0 Å². The molecule has 1 aliphatic heterocycles. The number of benzene rings is 1. The average molecular weight is 395 g/mol. The van der Waals surface area contributed by atoms with Gasteiger partial charge in [-0.15, -0.1) is 0 Å². The molecule has 1 fully saturated rings. The molecule has 156 valence electrons. The zero-order valence-electron chi connectivity index (χ0n) is 18.1. The minimum Gasteiger partial charge on any atom is -0.399 e. The largest absolute Gasteiger partial charge is 0.399 e. The van der Waals surface area contributed by atoms with Gasteiger partial charge in [0.2, 0.25) is 0 Å². The smallest absolute Gasteiger partial charge is 0.150 e. The topological polar surface area (TPSA) is 71.2 Å². The van der Waals surface area contributed by atoms with Crippen LogP contribution in [0.5, 0.6) is 0 Å². The SMILES string of the molecule is CCC.CNC1CCN(C)CC1.Nc1ccc(C#Cc2cc(C=O)ccn2)cc1. The van der Waals surface area contributed by atoms with Crippen LogP contribution in [0.3, 0.4) is 0 Å². The first-order valence-electron chi connectivity index (χ1n) is 10.2. The van der Waals surface area contributed by atoms with Gasteiger partial charge in [-0.2, -0.15) is 0 Å². The summed E-state index contributed by atoms with van der Waals surface area (Å²) in [6.45, 7) is 6.76. The summed E-state index contributed by atoms with van der Waals surface area (Å²) in [5.74, 6) is 5.85. The van der Waals surface area contributed by atoms with Crippen LogP contribution in [0.1, 0.15) is 54.7 Å². The van der Waals surface area contributed by atoms with Gasteiger partial charge in [0.05, 0.1) is 0 Å². The fraction of sp³-hybridized carbons (Fsp3) is 0.417. The zero-order valence-corrected chi connectivity index (χ0v) is 18.1. The molecule has 0 aliphatic carbocycles. The Kier molecular flexibility index (Phi) is 12.0. The quantitative estimate of drug-likeness (QED) is 0.463. The van der Waals surface area contributed by atoms with Gasteiger partial charge in [-0.3, -0.25) is 4.79 Å². The number of hydrogen-bond donors (Lipinski definition) is 2. The van der Waals surface area contributed by atoms with Gasteiger partial charge in [-0.25, -0.2) is 4.98 Å². The molecule has 1 aromatic carbocycles. The van der Waals surface area contributed by atoms with Crippen LogP contribution in [0.25, 0.3) is 0 Å². The van der Waals surface area contributed by atoms with Crippen molar-refractivity contribution in [2.45, 2.75) is 39.2 Å². The van der Waals surface area contributed by atoms with Crippen molar-refractivity contribution in [3.8, 4) is 11.8 Å². The molecule has 0 atom stereocenters. The molecule has 1 aliphatic rings. The summed E-state index contributed by atoms with van der Waals surface area (Å²) in [5.41, 5.74) is 8.28. The Balaban J connectivity index is 0.000000294. The van der Waals surface area contributed by atoms with Crippen molar-refractivity contribution in [2.75, 3.05) is 32.9 Å². The number of piperidine rings is 1. The number of nitrogen functional groups attached to an aromatic ring is 1. The zero-order chi connectivity index (χ0) is 21.5. The second kappa shape index (κ2) is 14.3. The van der Waals surface area contributed by atoms with Gasteiger partial charge in [0, 0.05) is 29.1 Å². The van der Waals surface area contributed by atoms with Crippen molar-refractivity contribution in [3.05, 3.63) is 59.4 Å². The van der Waals surface area contributed by atoms with E-state index in [9.17, 15) is 4.79 Å². The molecule has 3 N–H and O–H groups in total. The van der Waals surface area contributed by atoms with Crippen LogP contribution in [0.15, 0.2) is 42.6 Å². The van der Waals surface area contributed by atoms with Crippen LogP contribution >= 0.6 is 0 Å². The number of carbonyl (C=O) groups excluding carboxylic acids is 1. The summed E-state index contributed by atoms with van der Waals surface area (Å²) in [5, 5.41) is 3.30. The average Bonchev–Trinajstić information content (AvgIpc) is 2.75. The van der Waals surface area contributed by atoms with E-state index in [1.165, 1.54) is 32.4 Å². The van der Waals surface area contributed by atoms with E-state index in [2.05, 4.69) is 55.0 Å². The van der Waals surface area contributed by atoms with Crippen molar-refractivity contribution in [1.29, 1.82) is 0 Å². The number of nitrogens with zero attached hydrogens (tertiary/aromatic N) is 2. The van der Waals surface area contributed by atoms with E-state index in [1.807, 2.05) is 12.1 Å². The summed E-state index contributed by atoms with van der Waals surface area (Å²) >= 11 is 0. The predicted octanol–water partition coefficient (Wildman–Crippen LogP) is 3.59. The van der Waals surface area contributed by atoms with Gasteiger partial charge in [0.25, 0.3) is 0 Å². The van der Waals surface area contributed by atoms with E-state index in [0.29, 0.717) is 16.9 Å². The number of aldehydes is 1. The molecular formula is C24H34N4O. The van der Waals surface area contributed by atoms with Crippen LogP contribution in [-0.4, -0.2) is 49.4 Å². The lowest BCUT2D eigenvalue weighted by Gasteiger charge is -2.28. The minimum atomic E-state index is 0.571. The van der Waals surface area contributed by atoms with Crippen LogP contribution in [0.4, 0.5) is 5.69 Å². The van der Waals surface area contributed by atoms with E-state index in [-0.39, 0.29) is 0 Å². The normalized spacial score (nSPS) is 13.7. The number of rotatable bonds is 2. The molecular weight excluding hydrogens is 360 g/mol. The van der Waals surface area contributed by atoms with E-state index in [0.717, 1.165) is 17.9 Å². The van der Waals surface area contributed by atoms with Gasteiger partial charge in [-0.1, -0.05) is 26.2 Å². The highest BCUT2D eigenvalue weighted by Crippen LogP contribution is 2.06.